The van der Waals surface area contributed by atoms with Gasteiger partial charge in [-0.1, -0.05) is 0 Å². The fourth-order valence-electron chi connectivity index (χ4n) is 2.48. The third-order valence-electron chi connectivity index (χ3n) is 3.93. The summed E-state index contributed by atoms with van der Waals surface area (Å²) in [5.74, 6) is -1.86. The van der Waals surface area contributed by atoms with Gasteiger partial charge >= 0.3 is 0 Å². The predicted octanol–water partition coefficient (Wildman–Crippen LogP) is 3.52. The van der Waals surface area contributed by atoms with Crippen LogP contribution in [0.3, 0.4) is 0 Å². The van der Waals surface area contributed by atoms with E-state index in [0.717, 1.165) is 18.2 Å². The van der Waals surface area contributed by atoms with E-state index >= 15 is 0 Å². The van der Waals surface area contributed by atoms with Crippen molar-refractivity contribution in [2.75, 3.05) is 16.6 Å². The number of hydrogen-bond acceptors (Lipinski definition) is 4. The fraction of sp³-hybridized carbons (Fsp3) is 0.278. The topological polar surface area (TPSA) is 84.5 Å². The number of rotatable bonds is 7. The number of hydrogen-bond donors (Lipinski definition) is 2. The van der Waals surface area contributed by atoms with E-state index in [0.29, 0.717) is 19.4 Å². The highest BCUT2D eigenvalue weighted by atomic mass is 32.2. The first kappa shape index (κ1) is 19.1. The first-order valence-corrected chi connectivity index (χ1v) is 9.89. The van der Waals surface area contributed by atoms with E-state index in [1.807, 2.05) is 0 Å². The molecule has 0 radical (unpaired) electrons. The molecule has 0 atom stereocenters. The lowest BCUT2D eigenvalue weighted by molar-refractivity contribution is 0.102. The molecule has 6 nitrogen and oxygen atoms in total. The van der Waals surface area contributed by atoms with Crippen LogP contribution in [0.2, 0.25) is 0 Å². The molecule has 0 bridgehead atoms. The van der Waals surface area contributed by atoms with E-state index in [1.54, 1.807) is 6.92 Å². The van der Waals surface area contributed by atoms with Crippen molar-refractivity contribution in [3.05, 3.63) is 53.6 Å². The fourth-order valence-corrected chi connectivity index (χ4v) is 3.89. The van der Waals surface area contributed by atoms with Crippen molar-refractivity contribution >= 4 is 27.3 Å². The minimum absolute atomic E-state index is 0.0461. The zero-order valence-electron chi connectivity index (χ0n) is 14.5. The van der Waals surface area contributed by atoms with Crippen LogP contribution in [0.25, 0.3) is 0 Å². The molecular weight excluding hydrogens is 378 g/mol. The normalized spacial score (nSPS) is 13.9. The minimum atomic E-state index is -3.64. The largest absolute Gasteiger partial charge is 0.492 e. The molecule has 9 heteroatoms. The van der Waals surface area contributed by atoms with E-state index in [4.69, 9.17) is 4.74 Å². The molecule has 1 aliphatic rings. The Morgan fingerprint density at radius 1 is 1.11 bits per heavy atom. The quantitative estimate of drug-likeness (QED) is 0.750. The number of amides is 1. The average molecular weight is 396 g/mol. The molecule has 2 N–H and O–H groups in total. The minimum Gasteiger partial charge on any atom is -0.492 e. The molecule has 0 aliphatic heterocycles. The van der Waals surface area contributed by atoms with Crippen LogP contribution in [0.5, 0.6) is 5.75 Å². The Morgan fingerprint density at radius 2 is 1.78 bits per heavy atom. The van der Waals surface area contributed by atoms with Crippen LogP contribution < -0.4 is 14.8 Å². The second-order valence-corrected chi connectivity index (χ2v) is 8.02. The maximum absolute atomic E-state index is 13.7. The van der Waals surface area contributed by atoms with Crippen molar-refractivity contribution in [2.45, 2.75) is 25.0 Å². The highest BCUT2D eigenvalue weighted by Crippen LogP contribution is 2.31. The van der Waals surface area contributed by atoms with Gasteiger partial charge in [-0.05, 0) is 50.1 Å². The van der Waals surface area contributed by atoms with Crippen LogP contribution in [-0.4, -0.2) is 26.2 Å². The first-order valence-electron chi connectivity index (χ1n) is 8.35. The molecule has 27 heavy (non-hydrogen) atoms. The van der Waals surface area contributed by atoms with Gasteiger partial charge in [-0.25, -0.2) is 17.2 Å². The number of nitrogens with one attached hydrogen (secondary N) is 2. The highest BCUT2D eigenvalue weighted by Gasteiger charge is 2.36. The zero-order valence-corrected chi connectivity index (χ0v) is 15.3. The average Bonchev–Trinajstić information content (AvgIpc) is 3.44. The van der Waals surface area contributed by atoms with Gasteiger partial charge in [-0.3, -0.25) is 9.52 Å². The van der Waals surface area contributed by atoms with E-state index in [2.05, 4.69) is 10.0 Å². The number of sulfonamides is 1. The molecule has 3 rings (SSSR count). The zero-order chi connectivity index (χ0) is 19.6. The predicted molar refractivity (Wildman–Crippen MR) is 97.5 cm³/mol. The number of halogens is 2. The van der Waals surface area contributed by atoms with Gasteiger partial charge in [0.2, 0.25) is 10.0 Å². The van der Waals surface area contributed by atoms with Gasteiger partial charge in [-0.15, -0.1) is 0 Å². The third-order valence-corrected chi connectivity index (χ3v) is 5.78. The van der Waals surface area contributed by atoms with Gasteiger partial charge in [0.1, 0.15) is 17.4 Å². The Balaban J connectivity index is 1.91. The second-order valence-electron chi connectivity index (χ2n) is 6.06. The van der Waals surface area contributed by atoms with Gasteiger partial charge in [0.15, 0.2) is 0 Å². The lowest BCUT2D eigenvalue weighted by atomic mass is 10.1. The molecular formula is C18H18F2N2O4S. The molecule has 144 valence electrons. The molecule has 0 spiro atoms. The second kappa shape index (κ2) is 7.51. The molecule has 0 saturated heterocycles. The summed E-state index contributed by atoms with van der Waals surface area (Å²) in [4.78, 5) is 12.6. The van der Waals surface area contributed by atoms with E-state index in [9.17, 15) is 22.0 Å². The molecule has 2 aromatic carbocycles. The Labute approximate surface area is 155 Å². The molecule has 0 aromatic heterocycles. The van der Waals surface area contributed by atoms with Gasteiger partial charge in [0.05, 0.1) is 28.8 Å². The summed E-state index contributed by atoms with van der Waals surface area (Å²) >= 11 is 0. The Hall–Kier alpha value is -2.68. The van der Waals surface area contributed by atoms with Crippen molar-refractivity contribution < 1.29 is 26.7 Å². The van der Waals surface area contributed by atoms with E-state index in [-0.39, 0.29) is 22.7 Å². The number of carbonyl (C=O) groups is 1. The number of carbonyl (C=O) groups excluding carboxylic acids is 1. The molecule has 1 fully saturated rings. The van der Waals surface area contributed by atoms with Gasteiger partial charge in [0.25, 0.3) is 5.91 Å². The smallest absolute Gasteiger partial charge is 0.258 e. The van der Waals surface area contributed by atoms with Crippen LogP contribution in [0.15, 0.2) is 36.4 Å². The monoisotopic (exact) mass is 396 g/mol. The molecule has 1 saturated carbocycles. The lowest BCUT2D eigenvalue weighted by Crippen LogP contribution is -2.21. The molecule has 0 unspecified atom stereocenters. The van der Waals surface area contributed by atoms with Crippen LogP contribution in [0.4, 0.5) is 20.2 Å². The number of ether oxygens (including phenoxy) is 1. The Kier molecular flexibility index (Phi) is 5.31. The summed E-state index contributed by atoms with van der Waals surface area (Å²) in [5, 5.41) is 1.94. The van der Waals surface area contributed by atoms with Crippen LogP contribution in [-0.2, 0) is 10.0 Å². The summed E-state index contributed by atoms with van der Waals surface area (Å²) in [6.07, 6.45) is 1.08. The highest BCUT2D eigenvalue weighted by molar-refractivity contribution is 7.93. The number of benzene rings is 2. The van der Waals surface area contributed by atoms with Gasteiger partial charge < -0.3 is 10.1 Å². The van der Waals surface area contributed by atoms with E-state index in [1.165, 1.54) is 18.2 Å². The first-order chi connectivity index (χ1) is 12.8. The summed E-state index contributed by atoms with van der Waals surface area (Å²) in [6, 6.07) is 6.75. The van der Waals surface area contributed by atoms with Crippen molar-refractivity contribution in [3.8, 4) is 5.75 Å². The third kappa shape index (κ3) is 4.54. The lowest BCUT2D eigenvalue weighted by Gasteiger charge is -2.15. The van der Waals surface area contributed by atoms with Crippen molar-refractivity contribution in [2.24, 2.45) is 0 Å². The molecule has 1 aliphatic carbocycles. The standard InChI is InChI=1S/C18H18F2N2O4S/c1-2-26-17-8-4-12(20)10-16(17)21-18(23)14-9-11(19)3-7-15(14)22-27(24,25)13-5-6-13/h3-4,7-10,13,22H,2,5-6H2,1H3,(H,21,23). The van der Waals surface area contributed by atoms with E-state index < -0.39 is 32.8 Å². The van der Waals surface area contributed by atoms with Crippen molar-refractivity contribution in [3.63, 3.8) is 0 Å². The summed E-state index contributed by atoms with van der Waals surface area (Å²) in [6.45, 7) is 2.02. The van der Waals surface area contributed by atoms with Crippen LogP contribution in [0.1, 0.15) is 30.1 Å². The Morgan fingerprint density at radius 3 is 2.44 bits per heavy atom. The van der Waals surface area contributed by atoms with Gasteiger partial charge in [-0.2, -0.15) is 0 Å². The summed E-state index contributed by atoms with van der Waals surface area (Å²) in [5.41, 5.74) is -0.205. The van der Waals surface area contributed by atoms with Crippen LogP contribution >= 0.6 is 0 Å². The molecule has 2 aromatic rings. The summed E-state index contributed by atoms with van der Waals surface area (Å²) < 4.78 is 59.2. The molecule has 0 heterocycles. The molecule has 1 amide bonds. The Bertz CT molecular complexity index is 975. The van der Waals surface area contributed by atoms with Gasteiger partial charge in [0, 0.05) is 6.07 Å². The van der Waals surface area contributed by atoms with Crippen molar-refractivity contribution in [1.82, 2.24) is 0 Å². The maximum atomic E-state index is 13.7. The summed E-state index contributed by atoms with van der Waals surface area (Å²) in [7, 11) is -3.64. The van der Waals surface area contributed by atoms with Crippen LogP contribution in [0, 0.1) is 11.6 Å². The maximum Gasteiger partial charge on any atom is 0.258 e. The SMILES string of the molecule is CCOc1ccc(F)cc1NC(=O)c1cc(F)ccc1NS(=O)(=O)C1CC1. The number of anilines is 2. The van der Waals surface area contributed by atoms with Crippen molar-refractivity contribution in [1.29, 1.82) is 0 Å².